The fourth-order valence-corrected chi connectivity index (χ4v) is 4.18. The summed E-state index contributed by atoms with van der Waals surface area (Å²) in [6.45, 7) is 0.226. The van der Waals surface area contributed by atoms with Gasteiger partial charge < -0.3 is 9.42 Å². The zero-order chi connectivity index (χ0) is 13.9. The van der Waals surface area contributed by atoms with Crippen LogP contribution < -0.4 is 0 Å². The monoisotopic (exact) mass is 326 g/mol. The quantitative estimate of drug-likeness (QED) is 0.854. The largest absolute Gasteiger partial charge is 0.357 e. The first-order valence-corrected chi connectivity index (χ1v) is 8.89. The van der Waals surface area contributed by atoms with Crippen LogP contribution in [0.3, 0.4) is 0 Å². The minimum absolute atomic E-state index is 0.226. The van der Waals surface area contributed by atoms with Crippen LogP contribution in [0, 0.1) is 0 Å². The summed E-state index contributed by atoms with van der Waals surface area (Å²) in [7, 11) is -6.67. The van der Waals surface area contributed by atoms with Crippen molar-refractivity contribution in [3.63, 3.8) is 0 Å². The van der Waals surface area contributed by atoms with Crippen molar-refractivity contribution in [1.82, 2.24) is 0 Å². The standard InChI is InChI=1S/C10H13ClO6P2/c11-9-3-1-2-8(6-9)10-4-5-16-19(14,17-10)7-15-18(12)13/h1-3,6,10,18H,4-5,7H2,(H,12,13)/t10-,19?/m0/s1. The molecule has 1 N–H and O–H groups in total. The normalized spacial score (nSPS) is 29.1. The Morgan fingerprint density at radius 1 is 1.58 bits per heavy atom. The Morgan fingerprint density at radius 2 is 2.37 bits per heavy atom. The second-order valence-corrected chi connectivity index (χ2v) is 7.13. The third kappa shape index (κ3) is 4.40. The first kappa shape index (κ1) is 15.2. The molecule has 0 aliphatic carbocycles. The van der Waals surface area contributed by atoms with Crippen molar-refractivity contribution in [2.75, 3.05) is 13.0 Å². The molecule has 2 rings (SSSR count). The second-order valence-electron chi connectivity index (χ2n) is 3.92. The smallest absolute Gasteiger partial charge is 0.326 e. The highest BCUT2D eigenvalue weighted by molar-refractivity contribution is 7.54. The molecule has 0 aromatic heterocycles. The van der Waals surface area contributed by atoms with E-state index in [0.717, 1.165) is 5.56 Å². The third-order valence-electron chi connectivity index (χ3n) is 2.52. The molecule has 1 heterocycles. The average molecular weight is 327 g/mol. The zero-order valence-electron chi connectivity index (χ0n) is 9.82. The molecule has 6 nitrogen and oxygen atoms in total. The van der Waals surface area contributed by atoms with Crippen LogP contribution in [0.4, 0.5) is 0 Å². The fraction of sp³-hybridized carbons (Fsp3) is 0.400. The number of benzene rings is 1. The summed E-state index contributed by atoms with van der Waals surface area (Å²) < 4.78 is 37.5. The van der Waals surface area contributed by atoms with Crippen molar-refractivity contribution in [2.24, 2.45) is 0 Å². The van der Waals surface area contributed by atoms with Crippen molar-refractivity contribution >= 4 is 27.5 Å². The summed E-state index contributed by atoms with van der Waals surface area (Å²) in [5, 5.41) is 0.555. The average Bonchev–Trinajstić information content (AvgIpc) is 2.37. The molecule has 1 aromatic carbocycles. The van der Waals surface area contributed by atoms with Gasteiger partial charge in [-0.25, -0.2) is 0 Å². The summed E-state index contributed by atoms with van der Waals surface area (Å²) in [4.78, 5) is 8.59. The van der Waals surface area contributed by atoms with Crippen LogP contribution >= 0.6 is 27.5 Å². The summed E-state index contributed by atoms with van der Waals surface area (Å²) in [6, 6.07) is 7.02. The summed E-state index contributed by atoms with van der Waals surface area (Å²) >= 11 is 5.89. The molecule has 1 aliphatic heterocycles. The second kappa shape index (κ2) is 6.51. The Hall–Kier alpha value is -0.190. The van der Waals surface area contributed by atoms with E-state index in [-0.39, 0.29) is 6.61 Å². The molecule has 1 aliphatic rings. The van der Waals surface area contributed by atoms with Gasteiger partial charge in [0, 0.05) is 11.4 Å². The van der Waals surface area contributed by atoms with Crippen molar-refractivity contribution in [3.8, 4) is 0 Å². The molecule has 9 heteroatoms. The molecule has 0 radical (unpaired) electrons. The van der Waals surface area contributed by atoms with Crippen molar-refractivity contribution < 1.29 is 27.6 Å². The van der Waals surface area contributed by atoms with Crippen LogP contribution in [0.15, 0.2) is 24.3 Å². The Morgan fingerprint density at radius 3 is 3.05 bits per heavy atom. The van der Waals surface area contributed by atoms with E-state index < -0.39 is 28.3 Å². The molecule has 0 spiro atoms. The van der Waals surface area contributed by atoms with E-state index in [1.54, 1.807) is 18.2 Å². The van der Waals surface area contributed by atoms with E-state index in [9.17, 15) is 9.13 Å². The van der Waals surface area contributed by atoms with E-state index >= 15 is 0 Å². The lowest BCUT2D eigenvalue weighted by atomic mass is 10.1. The van der Waals surface area contributed by atoms with Crippen molar-refractivity contribution in [1.29, 1.82) is 0 Å². The van der Waals surface area contributed by atoms with E-state index in [2.05, 4.69) is 4.52 Å². The number of hydrogen-bond donors (Lipinski definition) is 1. The van der Waals surface area contributed by atoms with Gasteiger partial charge in [0.25, 0.3) is 0 Å². The number of halogens is 1. The van der Waals surface area contributed by atoms with Gasteiger partial charge in [-0.3, -0.25) is 18.2 Å². The Kier molecular flexibility index (Phi) is 5.21. The van der Waals surface area contributed by atoms with Gasteiger partial charge in [-0.2, -0.15) is 0 Å². The van der Waals surface area contributed by atoms with Gasteiger partial charge >= 0.3 is 15.9 Å². The molecule has 19 heavy (non-hydrogen) atoms. The lowest BCUT2D eigenvalue weighted by molar-refractivity contribution is 0.0721. The van der Waals surface area contributed by atoms with Crippen LogP contribution in [0.2, 0.25) is 5.02 Å². The SMILES string of the molecule is O=[PH](O)OCP1(=O)OCC[C@@H](c2cccc(Cl)c2)O1. The number of hydrogen-bond acceptors (Lipinski definition) is 5. The van der Waals surface area contributed by atoms with E-state index in [4.69, 9.17) is 25.5 Å². The van der Waals surface area contributed by atoms with Crippen LogP contribution in [0.1, 0.15) is 18.1 Å². The first-order valence-electron chi connectivity index (χ1n) is 5.52. The molecule has 3 atom stereocenters. The van der Waals surface area contributed by atoms with E-state index in [0.29, 0.717) is 11.4 Å². The lowest BCUT2D eigenvalue weighted by Gasteiger charge is -2.29. The summed E-state index contributed by atoms with van der Waals surface area (Å²) in [6.07, 6.45) is -0.431. The van der Waals surface area contributed by atoms with Gasteiger partial charge in [0.2, 0.25) is 0 Å². The molecule has 106 valence electrons. The highest BCUT2D eigenvalue weighted by Gasteiger charge is 2.35. The highest BCUT2D eigenvalue weighted by atomic mass is 35.5. The van der Waals surface area contributed by atoms with Gasteiger partial charge in [-0.05, 0) is 17.7 Å². The zero-order valence-corrected chi connectivity index (χ0v) is 12.5. The fourth-order valence-electron chi connectivity index (χ4n) is 1.71. The van der Waals surface area contributed by atoms with Crippen LogP contribution in [-0.4, -0.2) is 17.8 Å². The maximum atomic E-state index is 12.2. The van der Waals surface area contributed by atoms with Gasteiger partial charge in [0.15, 0.2) is 6.35 Å². The van der Waals surface area contributed by atoms with E-state index in [1.807, 2.05) is 6.07 Å². The lowest BCUT2D eigenvalue weighted by Crippen LogP contribution is -2.15. The molecular formula is C10H13ClO6P2. The third-order valence-corrected chi connectivity index (χ3v) is 4.99. The van der Waals surface area contributed by atoms with Crippen LogP contribution in [0.5, 0.6) is 0 Å². The van der Waals surface area contributed by atoms with Crippen molar-refractivity contribution in [2.45, 2.75) is 12.5 Å². The van der Waals surface area contributed by atoms with Gasteiger partial charge in [0.1, 0.15) is 0 Å². The maximum Gasteiger partial charge on any atom is 0.357 e. The molecule has 1 aromatic rings. The molecular weight excluding hydrogens is 314 g/mol. The summed E-state index contributed by atoms with van der Waals surface area (Å²) in [5.74, 6) is 0. The molecule has 0 bridgehead atoms. The Balaban J connectivity index is 2.08. The summed E-state index contributed by atoms with van der Waals surface area (Å²) in [5.41, 5.74) is 0.785. The van der Waals surface area contributed by atoms with E-state index in [1.165, 1.54) is 0 Å². The van der Waals surface area contributed by atoms with Crippen LogP contribution in [-0.2, 0) is 22.7 Å². The van der Waals surface area contributed by atoms with Gasteiger partial charge in [-0.15, -0.1) is 0 Å². The topological polar surface area (TPSA) is 82.1 Å². The maximum absolute atomic E-state index is 12.2. The minimum Gasteiger partial charge on any atom is -0.326 e. The minimum atomic E-state index is -3.50. The highest BCUT2D eigenvalue weighted by Crippen LogP contribution is 2.56. The molecule has 1 saturated heterocycles. The predicted molar refractivity (Wildman–Crippen MR) is 70.6 cm³/mol. The molecule has 0 saturated carbocycles. The number of rotatable bonds is 4. The molecule has 1 fully saturated rings. The first-order chi connectivity index (χ1) is 8.98. The van der Waals surface area contributed by atoms with Crippen LogP contribution in [0.25, 0.3) is 0 Å². The van der Waals surface area contributed by atoms with Crippen molar-refractivity contribution in [3.05, 3.63) is 34.9 Å². The Bertz CT molecular complexity index is 522. The molecule has 0 amide bonds. The van der Waals surface area contributed by atoms with Gasteiger partial charge in [-0.1, -0.05) is 23.7 Å². The molecule has 2 unspecified atom stereocenters. The van der Waals surface area contributed by atoms with Gasteiger partial charge in [0.05, 0.1) is 12.7 Å². The predicted octanol–water partition coefficient (Wildman–Crippen LogP) is 3.37. The Labute approximate surface area is 116 Å².